The van der Waals surface area contributed by atoms with Gasteiger partial charge in [-0.2, -0.15) is 0 Å². The molecule has 0 radical (unpaired) electrons. The van der Waals surface area contributed by atoms with E-state index in [1.807, 2.05) is 0 Å². The van der Waals surface area contributed by atoms with Gasteiger partial charge in [-0.3, -0.25) is 0 Å². The van der Waals surface area contributed by atoms with Gasteiger partial charge in [0.25, 0.3) is 0 Å². The molecule has 5 heteroatoms. The van der Waals surface area contributed by atoms with Crippen LogP contribution in [0.15, 0.2) is 36.4 Å². The zero-order chi connectivity index (χ0) is 14.0. The van der Waals surface area contributed by atoms with Gasteiger partial charge in [-0.1, -0.05) is 29.3 Å². The lowest BCUT2D eigenvalue weighted by atomic mass is 9.98. The van der Waals surface area contributed by atoms with Gasteiger partial charge in [0.1, 0.15) is 11.6 Å². The third-order valence-corrected chi connectivity index (χ3v) is 3.30. The van der Waals surface area contributed by atoms with E-state index in [0.717, 1.165) is 0 Å². The molecule has 1 nitrogen and oxygen atoms in total. The Morgan fingerprint density at radius 1 is 0.895 bits per heavy atom. The Kier molecular flexibility index (Phi) is 4.40. The first-order valence-electron chi connectivity index (χ1n) is 5.60. The van der Waals surface area contributed by atoms with Crippen LogP contribution in [0.4, 0.5) is 8.78 Å². The number of hydrogen-bond acceptors (Lipinski definition) is 1. The number of hydrogen-bond donors (Lipinski definition) is 1. The maximum Gasteiger partial charge on any atom is 0.129 e. The highest BCUT2D eigenvalue weighted by Gasteiger charge is 2.20. The van der Waals surface area contributed by atoms with Crippen LogP contribution >= 0.6 is 23.2 Å². The van der Waals surface area contributed by atoms with Crippen LogP contribution in [0.5, 0.6) is 0 Å². The highest BCUT2D eigenvalue weighted by atomic mass is 35.5. The van der Waals surface area contributed by atoms with E-state index in [1.54, 1.807) is 13.1 Å². The molecule has 0 aliphatic carbocycles. The Labute approximate surface area is 120 Å². The van der Waals surface area contributed by atoms with Crippen LogP contribution < -0.4 is 5.32 Å². The summed E-state index contributed by atoms with van der Waals surface area (Å²) in [7, 11) is 1.62. The lowest BCUT2D eigenvalue weighted by Gasteiger charge is -2.19. The third-order valence-electron chi connectivity index (χ3n) is 2.83. The predicted octanol–water partition coefficient (Wildman–Crippen LogP) is 4.58. The van der Waals surface area contributed by atoms with Crippen molar-refractivity contribution in [2.75, 3.05) is 7.05 Å². The minimum Gasteiger partial charge on any atom is -0.309 e. The number of nitrogens with one attached hydrogen (secondary N) is 1. The molecule has 0 heterocycles. The SMILES string of the molecule is CNC(c1ccc(Cl)cc1F)c1cc(Cl)ccc1F. The largest absolute Gasteiger partial charge is 0.309 e. The van der Waals surface area contributed by atoms with Crippen LogP contribution in [-0.4, -0.2) is 7.05 Å². The highest BCUT2D eigenvalue weighted by molar-refractivity contribution is 6.30. The Morgan fingerprint density at radius 3 is 2.16 bits per heavy atom. The Bertz CT molecular complexity index is 602. The summed E-state index contributed by atoms with van der Waals surface area (Å²) in [5.41, 5.74) is 0.601. The van der Waals surface area contributed by atoms with Crippen LogP contribution in [0.25, 0.3) is 0 Å². The second-order valence-corrected chi connectivity index (χ2v) is 4.93. The predicted molar refractivity (Wildman–Crippen MR) is 73.7 cm³/mol. The molecule has 0 spiro atoms. The van der Waals surface area contributed by atoms with Crippen molar-refractivity contribution < 1.29 is 8.78 Å². The third kappa shape index (κ3) is 3.06. The minimum absolute atomic E-state index is 0.288. The Morgan fingerprint density at radius 2 is 1.53 bits per heavy atom. The number of halogens is 4. The van der Waals surface area contributed by atoms with Crippen molar-refractivity contribution in [2.24, 2.45) is 0 Å². The molecule has 0 aromatic heterocycles. The van der Waals surface area contributed by atoms with Gasteiger partial charge in [0.15, 0.2) is 0 Å². The van der Waals surface area contributed by atoms with Crippen molar-refractivity contribution in [3.8, 4) is 0 Å². The molecule has 2 rings (SSSR count). The molecule has 0 amide bonds. The van der Waals surface area contributed by atoms with E-state index in [0.29, 0.717) is 15.6 Å². The van der Waals surface area contributed by atoms with Crippen molar-refractivity contribution in [3.63, 3.8) is 0 Å². The minimum atomic E-state index is -0.629. The molecule has 19 heavy (non-hydrogen) atoms. The normalized spacial score (nSPS) is 12.5. The fraction of sp³-hybridized carbons (Fsp3) is 0.143. The van der Waals surface area contributed by atoms with Crippen LogP contribution in [0.1, 0.15) is 17.2 Å². The van der Waals surface area contributed by atoms with Gasteiger partial charge >= 0.3 is 0 Å². The first-order valence-corrected chi connectivity index (χ1v) is 6.35. The molecule has 0 bridgehead atoms. The van der Waals surface area contributed by atoms with E-state index >= 15 is 0 Å². The van der Waals surface area contributed by atoms with Crippen LogP contribution in [0.2, 0.25) is 10.0 Å². The second-order valence-electron chi connectivity index (χ2n) is 4.05. The molecule has 0 saturated heterocycles. The van der Waals surface area contributed by atoms with Crippen molar-refractivity contribution in [1.82, 2.24) is 5.32 Å². The molecule has 0 fully saturated rings. The molecular weight excluding hydrogens is 291 g/mol. The van der Waals surface area contributed by atoms with Crippen LogP contribution in [0, 0.1) is 11.6 Å². The molecule has 0 aliphatic heterocycles. The van der Waals surface area contributed by atoms with E-state index in [1.165, 1.54) is 30.3 Å². The molecule has 1 unspecified atom stereocenters. The summed E-state index contributed by atoms with van der Waals surface area (Å²) in [6.45, 7) is 0. The van der Waals surface area contributed by atoms with Gasteiger partial charge in [0.2, 0.25) is 0 Å². The van der Waals surface area contributed by atoms with Crippen molar-refractivity contribution in [3.05, 3.63) is 69.2 Å². The summed E-state index contributed by atoms with van der Waals surface area (Å²) in [4.78, 5) is 0. The maximum absolute atomic E-state index is 13.9. The lowest BCUT2D eigenvalue weighted by molar-refractivity contribution is 0.547. The van der Waals surface area contributed by atoms with Gasteiger partial charge in [-0.05, 0) is 37.4 Å². The van der Waals surface area contributed by atoms with Gasteiger partial charge in [-0.15, -0.1) is 0 Å². The quantitative estimate of drug-likeness (QED) is 0.875. The summed E-state index contributed by atoms with van der Waals surface area (Å²) in [5, 5.41) is 3.57. The molecule has 2 aromatic carbocycles. The van der Waals surface area contributed by atoms with Gasteiger partial charge < -0.3 is 5.32 Å². The average molecular weight is 302 g/mol. The highest BCUT2D eigenvalue weighted by Crippen LogP contribution is 2.29. The standard InChI is InChI=1S/C14H11Cl2F2N/c1-19-14(10-4-2-9(16)7-13(10)18)11-6-8(15)3-5-12(11)17/h2-7,14,19H,1H3. The van der Waals surface area contributed by atoms with Crippen molar-refractivity contribution in [2.45, 2.75) is 6.04 Å². The smallest absolute Gasteiger partial charge is 0.129 e. The maximum atomic E-state index is 13.9. The summed E-state index contributed by atoms with van der Waals surface area (Å²) >= 11 is 11.6. The van der Waals surface area contributed by atoms with E-state index in [4.69, 9.17) is 23.2 Å². The molecule has 2 aromatic rings. The first-order chi connectivity index (χ1) is 9.02. The summed E-state index contributed by atoms with van der Waals surface area (Å²) in [6, 6.07) is 7.85. The van der Waals surface area contributed by atoms with E-state index in [9.17, 15) is 8.78 Å². The van der Waals surface area contributed by atoms with Crippen LogP contribution in [-0.2, 0) is 0 Å². The number of benzene rings is 2. The van der Waals surface area contributed by atoms with Crippen LogP contribution in [0.3, 0.4) is 0 Å². The molecule has 1 atom stereocenters. The number of rotatable bonds is 3. The fourth-order valence-electron chi connectivity index (χ4n) is 1.95. The zero-order valence-electron chi connectivity index (χ0n) is 10.1. The topological polar surface area (TPSA) is 12.0 Å². The van der Waals surface area contributed by atoms with Crippen molar-refractivity contribution in [1.29, 1.82) is 0 Å². The summed E-state index contributed by atoms with van der Waals surface area (Å²) in [6.07, 6.45) is 0. The average Bonchev–Trinajstić information content (AvgIpc) is 2.36. The van der Waals surface area contributed by atoms with E-state index in [2.05, 4.69) is 5.32 Å². The summed E-state index contributed by atoms with van der Waals surface area (Å²) in [5.74, 6) is -0.940. The van der Waals surface area contributed by atoms with Gasteiger partial charge in [0, 0.05) is 21.2 Å². The molecule has 0 saturated carbocycles. The zero-order valence-corrected chi connectivity index (χ0v) is 11.6. The molecule has 100 valence electrons. The lowest BCUT2D eigenvalue weighted by Crippen LogP contribution is -2.20. The molecule has 0 aliphatic rings. The fourth-order valence-corrected chi connectivity index (χ4v) is 2.29. The van der Waals surface area contributed by atoms with Gasteiger partial charge in [-0.25, -0.2) is 8.78 Å². The van der Waals surface area contributed by atoms with Crippen molar-refractivity contribution >= 4 is 23.2 Å². The van der Waals surface area contributed by atoms with E-state index in [-0.39, 0.29) is 5.56 Å². The molecular formula is C14H11Cl2F2N. The van der Waals surface area contributed by atoms with E-state index < -0.39 is 17.7 Å². The first kappa shape index (κ1) is 14.3. The van der Waals surface area contributed by atoms with Gasteiger partial charge in [0.05, 0.1) is 6.04 Å². The summed E-state index contributed by atoms with van der Waals surface area (Å²) < 4.78 is 27.8. The molecule has 1 N–H and O–H groups in total. The Hall–Kier alpha value is -1.16. The second kappa shape index (κ2) is 5.87. The Balaban J connectivity index is 2.52. The monoisotopic (exact) mass is 301 g/mol.